The van der Waals surface area contributed by atoms with Crippen LogP contribution in [0.4, 0.5) is 17.1 Å². The van der Waals surface area contributed by atoms with Crippen LogP contribution in [0.5, 0.6) is 0 Å². The molecule has 0 saturated heterocycles. The summed E-state index contributed by atoms with van der Waals surface area (Å²) in [5.41, 5.74) is 11.5. The van der Waals surface area contributed by atoms with E-state index in [0.717, 1.165) is 91.8 Å². The van der Waals surface area contributed by atoms with Crippen LogP contribution in [0.3, 0.4) is 0 Å². The van der Waals surface area contributed by atoms with E-state index in [1.54, 1.807) is 0 Å². The highest BCUT2D eigenvalue weighted by Gasteiger charge is 2.23. The maximum absolute atomic E-state index is 6.75. The minimum Gasteiger partial charge on any atom is -0.456 e. The summed E-state index contributed by atoms with van der Waals surface area (Å²) in [4.78, 5) is 12.9. The standard InChI is InChI=1S/C46H35N3O/c1-2-36-44(32-17-6-3-7-18-32)47-46(33-19-8-4-9-20-33)48-45(36)39-25-15-27-41-43(39)38-29-28-35(30-42(38)50-41)49(34-22-10-5-11-23-34)40-26-14-21-31-16-12-13-24-37(31)40/h3-14,16-24,26-30H,2,15,25H2,1H3. The fraction of sp³-hybridized carbons (Fsp3) is 0.0870. The molecule has 0 N–H and O–H groups in total. The Kier molecular flexibility index (Phi) is 7.55. The Hall–Kier alpha value is -6.26. The molecule has 9 rings (SSSR count). The lowest BCUT2D eigenvalue weighted by atomic mass is 9.92. The van der Waals surface area contributed by atoms with Crippen molar-refractivity contribution < 1.29 is 4.42 Å². The first-order chi connectivity index (χ1) is 24.8. The highest BCUT2D eigenvalue weighted by atomic mass is 16.3. The summed E-state index contributed by atoms with van der Waals surface area (Å²) in [5, 5.41) is 4.64. The Morgan fingerprint density at radius 2 is 1.30 bits per heavy atom. The van der Waals surface area contributed by atoms with Gasteiger partial charge < -0.3 is 9.32 Å². The van der Waals surface area contributed by atoms with E-state index in [2.05, 4.69) is 151 Å². The van der Waals surface area contributed by atoms with Crippen LogP contribution >= 0.6 is 0 Å². The van der Waals surface area contributed by atoms with Crippen LogP contribution in [-0.2, 0) is 6.42 Å². The average Bonchev–Trinajstić information content (AvgIpc) is 3.57. The van der Waals surface area contributed by atoms with E-state index < -0.39 is 0 Å². The molecular weight excluding hydrogens is 611 g/mol. The molecule has 2 aromatic heterocycles. The second-order valence-corrected chi connectivity index (χ2v) is 12.7. The van der Waals surface area contributed by atoms with E-state index in [-0.39, 0.29) is 0 Å². The molecule has 0 amide bonds. The molecule has 2 heterocycles. The summed E-state index contributed by atoms with van der Waals surface area (Å²) in [5.74, 6) is 0.740. The van der Waals surface area contributed by atoms with Gasteiger partial charge in [0.05, 0.1) is 17.1 Å². The quantitative estimate of drug-likeness (QED) is 0.173. The monoisotopic (exact) mass is 645 g/mol. The number of hydrogen-bond donors (Lipinski definition) is 0. The zero-order valence-corrected chi connectivity index (χ0v) is 27.9. The van der Waals surface area contributed by atoms with Crippen LogP contribution in [0.25, 0.3) is 56.0 Å². The van der Waals surface area contributed by atoms with Gasteiger partial charge in [0.1, 0.15) is 11.0 Å². The fourth-order valence-electron chi connectivity index (χ4n) is 7.43. The molecule has 0 saturated carbocycles. The van der Waals surface area contributed by atoms with Gasteiger partial charge in [0.2, 0.25) is 0 Å². The molecule has 0 radical (unpaired) electrons. The van der Waals surface area contributed by atoms with Gasteiger partial charge >= 0.3 is 0 Å². The smallest absolute Gasteiger partial charge is 0.160 e. The highest BCUT2D eigenvalue weighted by molar-refractivity contribution is 6.00. The van der Waals surface area contributed by atoms with Gasteiger partial charge in [-0.15, -0.1) is 0 Å². The van der Waals surface area contributed by atoms with E-state index in [0.29, 0.717) is 0 Å². The minimum atomic E-state index is 0.740. The molecule has 50 heavy (non-hydrogen) atoms. The molecule has 8 aromatic rings. The predicted molar refractivity (Wildman–Crippen MR) is 206 cm³/mol. The summed E-state index contributed by atoms with van der Waals surface area (Å²) in [6.45, 7) is 2.21. The Bertz CT molecular complexity index is 2620. The van der Waals surface area contributed by atoms with Crippen molar-refractivity contribution in [2.75, 3.05) is 4.90 Å². The normalized spacial score (nSPS) is 12.5. The SMILES string of the molecule is CCc1c(C2=c3c(oc4cc(N(c5ccccc5)c5cccc6ccccc56)ccc34)=CCC2)nc(-c2ccccc2)nc1-c1ccccc1. The maximum atomic E-state index is 6.75. The minimum absolute atomic E-state index is 0.740. The van der Waals surface area contributed by atoms with E-state index >= 15 is 0 Å². The van der Waals surface area contributed by atoms with Crippen molar-refractivity contribution in [2.24, 2.45) is 0 Å². The third-order valence-electron chi connectivity index (χ3n) is 9.73. The zero-order valence-electron chi connectivity index (χ0n) is 27.9. The Morgan fingerprint density at radius 1 is 0.620 bits per heavy atom. The molecule has 4 heteroatoms. The molecule has 6 aromatic carbocycles. The summed E-state index contributed by atoms with van der Waals surface area (Å²) in [6, 6.07) is 53.1. The van der Waals surface area contributed by atoms with E-state index in [1.165, 1.54) is 16.3 Å². The number of hydrogen-bond acceptors (Lipinski definition) is 4. The van der Waals surface area contributed by atoms with Crippen molar-refractivity contribution in [3.63, 3.8) is 0 Å². The van der Waals surface area contributed by atoms with Gasteiger partial charge in [-0.2, -0.15) is 0 Å². The van der Waals surface area contributed by atoms with Crippen molar-refractivity contribution in [2.45, 2.75) is 26.2 Å². The van der Waals surface area contributed by atoms with Gasteiger partial charge in [0, 0.05) is 50.1 Å². The van der Waals surface area contributed by atoms with Crippen molar-refractivity contribution in [3.8, 4) is 22.6 Å². The summed E-state index contributed by atoms with van der Waals surface area (Å²) < 4.78 is 6.75. The summed E-state index contributed by atoms with van der Waals surface area (Å²) >= 11 is 0. The van der Waals surface area contributed by atoms with Crippen LogP contribution in [0, 0.1) is 0 Å². The molecule has 1 aliphatic rings. The van der Waals surface area contributed by atoms with Crippen LogP contribution < -0.4 is 15.5 Å². The largest absolute Gasteiger partial charge is 0.456 e. The molecule has 1 aliphatic carbocycles. The summed E-state index contributed by atoms with van der Waals surface area (Å²) in [7, 11) is 0. The lowest BCUT2D eigenvalue weighted by Crippen LogP contribution is -2.27. The van der Waals surface area contributed by atoms with Crippen molar-refractivity contribution >= 4 is 50.5 Å². The van der Waals surface area contributed by atoms with Crippen molar-refractivity contribution in [1.82, 2.24) is 9.97 Å². The molecule has 0 bridgehead atoms. The van der Waals surface area contributed by atoms with Crippen molar-refractivity contribution in [3.05, 3.63) is 174 Å². The van der Waals surface area contributed by atoms with Gasteiger partial charge in [0.15, 0.2) is 5.82 Å². The molecule has 0 atom stereocenters. The maximum Gasteiger partial charge on any atom is 0.160 e. The van der Waals surface area contributed by atoms with Gasteiger partial charge in [-0.25, -0.2) is 9.97 Å². The van der Waals surface area contributed by atoms with E-state index in [1.807, 2.05) is 18.2 Å². The number of anilines is 3. The van der Waals surface area contributed by atoms with Gasteiger partial charge in [0.25, 0.3) is 0 Å². The lowest BCUT2D eigenvalue weighted by molar-refractivity contribution is 0.571. The number of aromatic nitrogens is 2. The van der Waals surface area contributed by atoms with Crippen LogP contribution in [0.2, 0.25) is 0 Å². The summed E-state index contributed by atoms with van der Waals surface area (Å²) in [6.07, 6.45) is 4.81. The molecule has 4 nitrogen and oxygen atoms in total. The third-order valence-corrected chi connectivity index (χ3v) is 9.73. The second kappa shape index (κ2) is 12.6. The van der Waals surface area contributed by atoms with Crippen LogP contribution in [0.15, 0.2) is 156 Å². The number of rotatable bonds is 7. The van der Waals surface area contributed by atoms with E-state index in [9.17, 15) is 0 Å². The van der Waals surface area contributed by atoms with Crippen LogP contribution in [-0.4, -0.2) is 9.97 Å². The molecular formula is C46H35N3O. The fourth-order valence-corrected chi connectivity index (χ4v) is 7.43. The lowest BCUT2D eigenvalue weighted by Gasteiger charge is -2.26. The number of nitrogens with zero attached hydrogens (tertiary/aromatic N) is 3. The molecule has 0 aliphatic heterocycles. The molecule has 0 unspecified atom stereocenters. The van der Waals surface area contributed by atoms with Gasteiger partial charge in [-0.3, -0.25) is 0 Å². The topological polar surface area (TPSA) is 42.2 Å². The number of para-hydroxylation sites is 1. The molecule has 240 valence electrons. The molecule has 0 spiro atoms. The Morgan fingerprint density at radius 3 is 2.08 bits per heavy atom. The second-order valence-electron chi connectivity index (χ2n) is 12.7. The Labute approximate surface area is 291 Å². The number of benzene rings is 6. The predicted octanol–water partition coefficient (Wildman–Crippen LogP) is 10.5. The molecule has 0 fully saturated rings. The first-order valence-corrected chi connectivity index (χ1v) is 17.4. The third kappa shape index (κ3) is 5.17. The first-order valence-electron chi connectivity index (χ1n) is 17.4. The zero-order chi connectivity index (χ0) is 33.4. The van der Waals surface area contributed by atoms with Gasteiger partial charge in [-0.1, -0.05) is 122 Å². The van der Waals surface area contributed by atoms with Crippen molar-refractivity contribution in [1.29, 1.82) is 0 Å². The van der Waals surface area contributed by atoms with E-state index in [4.69, 9.17) is 14.4 Å². The van der Waals surface area contributed by atoms with Gasteiger partial charge in [-0.05, 0) is 66.6 Å². The number of fused-ring (bicyclic) bond motifs is 4. The van der Waals surface area contributed by atoms with Crippen LogP contribution in [0.1, 0.15) is 31.0 Å². The average molecular weight is 646 g/mol. The highest BCUT2D eigenvalue weighted by Crippen LogP contribution is 2.40. The Balaban J connectivity index is 1.28. The number of furan rings is 1. The first kappa shape index (κ1) is 29.8.